The molecule has 176 valence electrons. The quantitative estimate of drug-likeness (QED) is 0.325. The molecule has 4 nitrogen and oxygen atoms in total. The Hall–Kier alpha value is -3.52. The van der Waals surface area contributed by atoms with Crippen molar-refractivity contribution in [3.8, 4) is 0 Å². The zero-order chi connectivity index (χ0) is 24.1. The van der Waals surface area contributed by atoms with E-state index >= 15 is 0 Å². The van der Waals surface area contributed by atoms with Gasteiger partial charge in [0.15, 0.2) is 0 Å². The van der Waals surface area contributed by atoms with Crippen molar-refractivity contribution in [3.63, 3.8) is 0 Å². The van der Waals surface area contributed by atoms with E-state index in [1.165, 1.54) is 12.1 Å². The third-order valence-electron chi connectivity index (χ3n) is 5.24. The summed E-state index contributed by atoms with van der Waals surface area (Å²) in [5.74, 6) is 0.457. The zero-order valence-corrected chi connectivity index (χ0v) is 19.4. The van der Waals surface area contributed by atoms with Gasteiger partial charge >= 0.3 is 6.18 Å². The van der Waals surface area contributed by atoms with Crippen LogP contribution in [0.5, 0.6) is 0 Å². The number of nitrogens with one attached hydrogen (secondary N) is 3. The second-order valence-electron chi connectivity index (χ2n) is 7.77. The number of hydrogen-bond donors (Lipinski definition) is 3. The number of halogens is 3. The molecule has 0 fully saturated rings. The van der Waals surface area contributed by atoms with Gasteiger partial charge in [0, 0.05) is 29.1 Å². The fourth-order valence-corrected chi connectivity index (χ4v) is 4.42. The Morgan fingerprint density at radius 3 is 2.62 bits per heavy atom. The maximum atomic E-state index is 13.7. The second kappa shape index (κ2) is 10.2. The van der Waals surface area contributed by atoms with Gasteiger partial charge in [-0.3, -0.25) is 0 Å². The Morgan fingerprint density at radius 1 is 1.12 bits per heavy atom. The van der Waals surface area contributed by atoms with Gasteiger partial charge in [-0.1, -0.05) is 49.9 Å². The maximum Gasteiger partial charge on any atom is 0.416 e. The Kier molecular flexibility index (Phi) is 7.07. The number of thiophene rings is 1. The summed E-state index contributed by atoms with van der Waals surface area (Å²) in [5, 5.41) is 11.8. The highest BCUT2D eigenvalue weighted by Crippen LogP contribution is 2.38. The van der Waals surface area contributed by atoms with E-state index in [1.807, 2.05) is 47.9 Å². The number of anilines is 1. The minimum atomic E-state index is -4.48. The fraction of sp³-hybridized carbons (Fsp3) is 0.192. The van der Waals surface area contributed by atoms with Crippen LogP contribution in [0.25, 0.3) is 5.70 Å². The Bertz CT molecular complexity index is 1210. The van der Waals surface area contributed by atoms with Gasteiger partial charge in [-0.25, -0.2) is 4.99 Å². The predicted octanol–water partition coefficient (Wildman–Crippen LogP) is 6.78. The first kappa shape index (κ1) is 23.6. The van der Waals surface area contributed by atoms with Crippen LogP contribution in [0, 0.1) is 0 Å². The summed E-state index contributed by atoms with van der Waals surface area (Å²) in [6, 6.07) is 16.9. The monoisotopic (exact) mass is 482 g/mol. The van der Waals surface area contributed by atoms with Crippen molar-refractivity contribution in [2.45, 2.75) is 25.7 Å². The Labute approximate surface area is 200 Å². The van der Waals surface area contributed by atoms with E-state index in [4.69, 9.17) is 0 Å². The van der Waals surface area contributed by atoms with E-state index in [1.54, 1.807) is 17.4 Å². The minimum Gasteiger partial charge on any atom is -0.384 e. The topological polar surface area (TPSA) is 48.5 Å². The highest BCUT2D eigenvalue weighted by Gasteiger charge is 2.36. The third-order valence-corrected chi connectivity index (χ3v) is 6.15. The van der Waals surface area contributed by atoms with Crippen molar-refractivity contribution in [2.75, 3.05) is 11.9 Å². The van der Waals surface area contributed by atoms with E-state index in [-0.39, 0.29) is 5.56 Å². The molecule has 3 aromatic rings. The van der Waals surface area contributed by atoms with E-state index < -0.39 is 17.9 Å². The number of fused-ring (bicyclic) bond motifs is 1. The predicted molar refractivity (Wildman–Crippen MR) is 134 cm³/mol. The van der Waals surface area contributed by atoms with Crippen LogP contribution in [0.3, 0.4) is 0 Å². The van der Waals surface area contributed by atoms with Gasteiger partial charge in [-0.2, -0.15) is 13.2 Å². The lowest BCUT2D eigenvalue weighted by atomic mass is 10.0. The SMILES string of the molecule is C=C(/C=C(\NCCC)c1cccs1)NC1=NC(c2ccccc2C(F)(F)F)Nc2ccccc21. The van der Waals surface area contributed by atoms with Gasteiger partial charge in [0.1, 0.15) is 12.0 Å². The largest absolute Gasteiger partial charge is 0.416 e. The molecule has 34 heavy (non-hydrogen) atoms. The standard InChI is InChI=1S/C26H25F3N4S/c1-3-14-30-22(23-13-8-15-34-23)16-17(2)31-25-19-10-5-7-12-21(19)32-24(33-25)18-9-4-6-11-20(18)26(27,28)29/h4-13,15-16,24,30,32H,2-3,14H2,1H3,(H,31,33)/b22-16-. The molecule has 0 spiro atoms. The van der Waals surface area contributed by atoms with Crippen molar-refractivity contribution in [3.05, 3.63) is 106 Å². The molecule has 0 amide bonds. The first-order chi connectivity index (χ1) is 16.4. The average Bonchev–Trinajstić information content (AvgIpc) is 3.36. The lowest BCUT2D eigenvalue weighted by molar-refractivity contribution is -0.138. The molecule has 0 aliphatic carbocycles. The molecule has 0 saturated heterocycles. The first-order valence-corrected chi connectivity index (χ1v) is 11.8. The summed E-state index contributed by atoms with van der Waals surface area (Å²) in [5.41, 5.74) is 2.31. The van der Waals surface area contributed by atoms with Crippen molar-refractivity contribution < 1.29 is 13.2 Å². The molecule has 4 rings (SSSR count). The third kappa shape index (κ3) is 5.34. The van der Waals surface area contributed by atoms with Crippen molar-refractivity contribution in [1.82, 2.24) is 10.6 Å². The van der Waals surface area contributed by atoms with E-state index in [2.05, 4.69) is 34.4 Å². The average molecular weight is 483 g/mol. The summed E-state index contributed by atoms with van der Waals surface area (Å²) in [7, 11) is 0. The fourth-order valence-electron chi connectivity index (χ4n) is 3.70. The van der Waals surface area contributed by atoms with Crippen LogP contribution in [0.2, 0.25) is 0 Å². The van der Waals surface area contributed by atoms with Crippen LogP contribution in [-0.2, 0) is 6.18 Å². The van der Waals surface area contributed by atoms with E-state index in [9.17, 15) is 13.2 Å². The van der Waals surface area contributed by atoms with Crippen LogP contribution < -0.4 is 16.0 Å². The Balaban J connectivity index is 1.68. The lowest BCUT2D eigenvalue weighted by Crippen LogP contribution is -2.30. The number of aliphatic imine (C=N–C) groups is 1. The Morgan fingerprint density at radius 2 is 1.88 bits per heavy atom. The van der Waals surface area contributed by atoms with Gasteiger partial charge in [0.2, 0.25) is 0 Å². The van der Waals surface area contributed by atoms with E-state index in [0.29, 0.717) is 17.2 Å². The summed E-state index contributed by atoms with van der Waals surface area (Å²) in [6.07, 6.45) is -2.52. The molecule has 1 aliphatic heterocycles. The van der Waals surface area contributed by atoms with Crippen LogP contribution in [0.4, 0.5) is 18.9 Å². The van der Waals surface area contributed by atoms with Crippen LogP contribution in [0.1, 0.15) is 41.1 Å². The smallest absolute Gasteiger partial charge is 0.384 e. The van der Waals surface area contributed by atoms with Gasteiger partial charge in [-0.05, 0) is 42.1 Å². The van der Waals surface area contributed by atoms with Crippen molar-refractivity contribution >= 4 is 28.6 Å². The highest BCUT2D eigenvalue weighted by atomic mass is 32.1. The van der Waals surface area contributed by atoms with Crippen LogP contribution >= 0.6 is 11.3 Å². The normalized spacial score (nSPS) is 15.7. The van der Waals surface area contributed by atoms with Gasteiger partial charge < -0.3 is 16.0 Å². The molecular formula is C26H25F3N4S. The number of benzene rings is 2. The summed E-state index contributed by atoms with van der Waals surface area (Å²) < 4.78 is 41.0. The van der Waals surface area contributed by atoms with Crippen LogP contribution in [0.15, 0.2) is 89.4 Å². The number of rotatable bonds is 7. The number of hydrogen-bond acceptors (Lipinski definition) is 5. The maximum absolute atomic E-state index is 13.7. The molecular weight excluding hydrogens is 457 g/mol. The number of allylic oxidation sites excluding steroid dienone is 1. The molecule has 0 radical (unpaired) electrons. The second-order valence-corrected chi connectivity index (χ2v) is 8.72. The van der Waals surface area contributed by atoms with E-state index in [0.717, 1.165) is 35.2 Å². The molecule has 2 heterocycles. The van der Waals surface area contributed by atoms with Gasteiger partial charge in [-0.15, -0.1) is 11.3 Å². The molecule has 1 atom stereocenters. The molecule has 0 saturated carbocycles. The summed E-state index contributed by atoms with van der Waals surface area (Å²) in [4.78, 5) is 5.70. The zero-order valence-electron chi connectivity index (χ0n) is 18.6. The summed E-state index contributed by atoms with van der Waals surface area (Å²) in [6.45, 7) is 7.03. The molecule has 1 aromatic heterocycles. The lowest BCUT2D eigenvalue weighted by Gasteiger charge is -2.28. The number of amidine groups is 1. The number of nitrogens with zero attached hydrogens (tertiary/aromatic N) is 1. The minimum absolute atomic E-state index is 0.0637. The number of alkyl halides is 3. The van der Waals surface area contributed by atoms with Gasteiger partial charge in [0.05, 0.1) is 16.1 Å². The first-order valence-electron chi connectivity index (χ1n) is 10.9. The molecule has 8 heteroatoms. The van der Waals surface area contributed by atoms with Crippen molar-refractivity contribution in [1.29, 1.82) is 0 Å². The highest BCUT2D eigenvalue weighted by molar-refractivity contribution is 7.11. The van der Waals surface area contributed by atoms with Crippen LogP contribution in [-0.4, -0.2) is 12.4 Å². The molecule has 2 aromatic carbocycles. The van der Waals surface area contributed by atoms with Gasteiger partial charge in [0.25, 0.3) is 0 Å². The van der Waals surface area contributed by atoms with Crippen molar-refractivity contribution in [2.24, 2.45) is 4.99 Å². The number of para-hydroxylation sites is 1. The molecule has 3 N–H and O–H groups in total. The molecule has 1 unspecified atom stereocenters. The molecule has 1 aliphatic rings. The molecule has 0 bridgehead atoms. The summed E-state index contributed by atoms with van der Waals surface area (Å²) >= 11 is 1.61.